The van der Waals surface area contributed by atoms with E-state index in [1.165, 1.54) is 39.5 Å². The predicted octanol–water partition coefficient (Wildman–Crippen LogP) is 4.44. The van der Waals surface area contributed by atoms with E-state index >= 15 is 0 Å². The van der Waals surface area contributed by atoms with Crippen LogP contribution in [0.5, 0.6) is 0 Å². The van der Waals surface area contributed by atoms with Crippen LogP contribution in [0.25, 0.3) is 21.8 Å². The van der Waals surface area contributed by atoms with Crippen LogP contribution in [0.1, 0.15) is 42.3 Å². The molecule has 5 heteroatoms. The quantitative estimate of drug-likeness (QED) is 0.521. The third-order valence-electron chi connectivity index (χ3n) is 6.44. The smallest absolute Gasteiger partial charge is 0.0786 e. The zero-order chi connectivity index (χ0) is 20.5. The van der Waals surface area contributed by atoms with Gasteiger partial charge in [0.1, 0.15) is 0 Å². The summed E-state index contributed by atoms with van der Waals surface area (Å²) in [6, 6.07) is 15.4. The molecule has 1 atom stereocenters. The van der Waals surface area contributed by atoms with E-state index in [0.717, 1.165) is 38.0 Å². The minimum atomic E-state index is 0.342. The third-order valence-corrected chi connectivity index (χ3v) is 6.44. The van der Waals surface area contributed by atoms with E-state index in [0.29, 0.717) is 12.6 Å². The number of pyridine rings is 2. The van der Waals surface area contributed by atoms with Crippen LogP contribution in [-0.4, -0.2) is 33.0 Å². The molecular formula is C25H29N5. The highest BCUT2D eigenvalue weighted by Gasteiger charge is 2.26. The monoisotopic (exact) mass is 399 g/mol. The summed E-state index contributed by atoms with van der Waals surface area (Å²) in [6.07, 6.45) is 8.33. The summed E-state index contributed by atoms with van der Waals surface area (Å²) in [4.78, 5) is 12.0. The first-order valence-electron chi connectivity index (χ1n) is 11.0. The molecule has 1 aliphatic carbocycles. The summed E-state index contributed by atoms with van der Waals surface area (Å²) in [7, 11) is 2.21. The average molecular weight is 400 g/mol. The molecular weight excluding hydrogens is 370 g/mol. The lowest BCUT2D eigenvalue weighted by Gasteiger charge is -2.32. The van der Waals surface area contributed by atoms with Gasteiger partial charge in [0, 0.05) is 41.8 Å². The van der Waals surface area contributed by atoms with Gasteiger partial charge in [-0.15, -0.1) is 0 Å². The molecule has 3 heterocycles. The largest absolute Gasteiger partial charge is 0.339 e. The molecule has 5 nitrogen and oxygen atoms in total. The average Bonchev–Trinajstić information content (AvgIpc) is 3.12. The molecule has 0 saturated carbocycles. The maximum Gasteiger partial charge on any atom is 0.0786 e. The van der Waals surface area contributed by atoms with Crippen LogP contribution in [0.15, 0.2) is 54.9 Å². The molecule has 0 radical (unpaired) electrons. The molecule has 2 N–H and O–H groups in total. The number of fused-ring (bicyclic) bond motifs is 4. The van der Waals surface area contributed by atoms with E-state index in [-0.39, 0.29) is 0 Å². The first kappa shape index (κ1) is 19.2. The van der Waals surface area contributed by atoms with Crippen molar-refractivity contribution in [1.82, 2.24) is 19.4 Å². The predicted molar refractivity (Wildman–Crippen MR) is 122 cm³/mol. The summed E-state index contributed by atoms with van der Waals surface area (Å²) in [5.41, 5.74) is 12.1. The first-order valence-corrected chi connectivity index (χ1v) is 11.0. The van der Waals surface area contributed by atoms with Crippen molar-refractivity contribution >= 4 is 21.8 Å². The molecule has 0 saturated heterocycles. The summed E-state index contributed by atoms with van der Waals surface area (Å²) in [5.74, 6) is 0. The Morgan fingerprint density at radius 2 is 1.97 bits per heavy atom. The van der Waals surface area contributed by atoms with Gasteiger partial charge >= 0.3 is 0 Å². The number of nitrogens with two attached hydrogens (primary N) is 1. The van der Waals surface area contributed by atoms with Gasteiger partial charge in [-0.1, -0.05) is 24.3 Å². The maximum absolute atomic E-state index is 5.85. The van der Waals surface area contributed by atoms with Crippen molar-refractivity contribution in [1.29, 1.82) is 0 Å². The molecule has 5 rings (SSSR count). The maximum atomic E-state index is 5.85. The number of aromatic nitrogens is 3. The van der Waals surface area contributed by atoms with Crippen LogP contribution in [0.3, 0.4) is 0 Å². The number of nitrogens with zero attached hydrogens (tertiary/aromatic N) is 4. The molecule has 0 amide bonds. The Labute approximate surface area is 177 Å². The highest BCUT2D eigenvalue weighted by molar-refractivity contribution is 6.08. The molecule has 4 aromatic rings. The highest BCUT2D eigenvalue weighted by Crippen LogP contribution is 2.35. The minimum absolute atomic E-state index is 0.342. The molecule has 0 aliphatic heterocycles. The molecule has 154 valence electrons. The van der Waals surface area contributed by atoms with Crippen molar-refractivity contribution in [3.63, 3.8) is 0 Å². The lowest BCUT2D eigenvalue weighted by Crippen LogP contribution is -2.29. The standard InChI is InChI=1S/C25H29N5/c1-29(23-11-4-7-18-8-5-14-28-24(18)23)17-21-25-20(12-15-27-21)19-9-2-3-10-22(19)30(25)16-6-13-26/h2-3,5,8-10,12,14-15,23H,4,6-7,11,13,16-17,26H2,1H3/t23-/m0/s1. The molecule has 0 unspecified atom stereocenters. The van der Waals surface area contributed by atoms with Crippen molar-refractivity contribution in [3.8, 4) is 0 Å². The van der Waals surface area contributed by atoms with Gasteiger partial charge in [0.25, 0.3) is 0 Å². The molecule has 1 aliphatic rings. The van der Waals surface area contributed by atoms with Gasteiger partial charge in [0.2, 0.25) is 0 Å². The number of hydrogen-bond acceptors (Lipinski definition) is 4. The van der Waals surface area contributed by atoms with Crippen LogP contribution < -0.4 is 5.73 Å². The number of benzene rings is 1. The molecule has 0 spiro atoms. The van der Waals surface area contributed by atoms with Crippen molar-refractivity contribution < 1.29 is 0 Å². The molecule has 3 aromatic heterocycles. The van der Waals surface area contributed by atoms with E-state index in [2.05, 4.69) is 59.0 Å². The first-order chi connectivity index (χ1) is 14.8. The zero-order valence-electron chi connectivity index (χ0n) is 17.6. The van der Waals surface area contributed by atoms with E-state index in [9.17, 15) is 0 Å². The van der Waals surface area contributed by atoms with Crippen LogP contribution >= 0.6 is 0 Å². The van der Waals surface area contributed by atoms with Gasteiger partial charge in [-0.3, -0.25) is 14.9 Å². The molecule has 30 heavy (non-hydrogen) atoms. The Bertz CT molecular complexity index is 1180. The van der Waals surface area contributed by atoms with Crippen molar-refractivity contribution in [3.05, 3.63) is 71.8 Å². The van der Waals surface area contributed by atoms with E-state index in [4.69, 9.17) is 15.7 Å². The van der Waals surface area contributed by atoms with Crippen molar-refractivity contribution in [2.24, 2.45) is 5.73 Å². The SMILES string of the molecule is CN(Cc1nccc2c3ccccc3n(CCCN)c12)[C@H]1CCCc2cccnc21. The Kier molecular flexibility index (Phi) is 5.23. The Hall–Kier alpha value is -2.76. The number of aryl methyl sites for hydroxylation is 2. The van der Waals surface area contributed by atoms with E-state index in [1.54, 1.807) is 0 Å². The number of rotatable bonds is 6. The number of para-hydroxylation sites is 1. The fraction of sp³-hybridized carbons (Fsp3) is 0.360. The van der Waals surface area contributed by atoms with Crippen LogP contribution in [-0.2, 0) is 19.5 Å². The second-order valence-electron chi connectivity index (χ2n) is 8.34. The summed E-state index contributed by atoms with van der Waals surface area (Å²) in [5, 5.41) is 2.57. The Morgan fingerprint density at radius 3 is 2.87 bits per heavy atom. The van der Waals surface area contributed by atoms with Gasteiger partial charge in [0.05, 0.1) is 22.9 Å². The van der Waals surface area contributed by atoms with E-state index in [1.807, 2.05) is 12.4 Å². The highest BCUT2D eigenvalue weighted by atomic mass is 15.2. The van der Waals surface area contributed by atoms with Crippen molar-refractivity contribution in [2.45, 2.75) is 44.8 Å². The van der Waals surface area contributed by atoms with Gasteiger partial charge < -0.3 is 10.3 Å². The Morgan fingerprint density at radius 1 is 1.07 bits per heavy atom. The van der Waals surface area contributed by atoms with Crippen LogP contribution in [0, 0.1) is 0 Å². The summed E-state index contributed by atoms with van der Waals surface area (Å²) >= 11 is 0. The lowest BCUT2D eigenvalue weighted by atomic mass is 9.91. The van der Waals surface area contributed by atoms with Crippen molar-refractivity contribution in [2.75, 3.05) is 13.6 Å². The van der Waals surface area contributed by atoms with Crippen LogP contribution in [0.4, 0.5) is 0 Å². The van der Waals surface area contributed by atoms with Crippen LogP contribution in [0.2, 0.25) is 0 Å². The van der Waals surface area contributed by atoms with Gasteiger partial charge in [-0.05, 0) is 63.0 Å². The second-order valence-corrected chi connectivity index (χ2v) is 8.34. The molecule has 1 aromatic carbocycles. The van der Waals surface area contributed by atoms with Gasteiger partial charge in [0.15, 0.2) is 0 Å². The minimum Gasteiger partial charge on any atom is -0.339 e. The number of hydrogen-bond donors (Lipinski definition) is 1. The lowest BCUT2D eigenvalue weighted by molar-refractivity contribution is 0.207. The van der Waals surface area contributed by atoms with Gasteiger partial charge in [-0.25, -0.2) is 0 Å². The third kappa shape index (κ3) is 3.28. The normalized spacial score (nSPS) is 16.4. The summed E-state index contributed by atoms with van der Waals surface area (Å²) < 4.78 is 2.42. The summed E-state index contributed by atoms with van der Waals surface area (Å²) in [6.45, 7) is 2.40. The zero-order valence-corrected chi connectivity index (χ0v) is 17.6. The fourth-order valence-electron chi connectivity index (χ4n) is 5.03. The fourth-order valence-corrected chi connectivity index (χ4v) is 5.03. The topological polar surface area (TPSA) is 60.0 Å². The molecule has 0 bridgehead atoms. The molecule has 0 fully saturated rings. The Balaban J connectivity index is 1.57. The van der Waals surface area contributed by atoms with Gasteiger partial charge in [-0.2, -0.15) is 0 Å². The van der Waals surface area contributed by atoms with E-state index < -0.39 is 0 Å². The second kappa shape index (κ2) is 8.17.